The Morgan fingerprint density at radius 3 is 2.50 bits per heavy atom. The number of carbonyl (C=O) groups excluding carboxylic acids is 1. The molecule has 7 heteroatoms. The summed E-state index contributed by atoms with van der Waals surface area (Å²) in [7, 11) is 0. The highest BCUT2D eigenvalue weighted by Crippen LogP contribution is 2.21. The Balaban J connectivity index is 1.26. The summed E-state index contributed by atoms with van der Waals surface area (Å²) >= 11 is 0. The maximum atomic E-state index is 12.8. The van der Waals surface area contributed by atoms with Crippen molar-refractivity contribution in [1.82, 2.24) is 9.80 Å². The van der Waals surface area contributed by atoms with Crippen LogP contribution in [-0.2, 0) is 0 Å². The van der Waals surface area contributed by atoms with E-state index in [1.165, 1.54) is 6.07 Å². The summed E-state index contributed by atoms with van der Waals surface area (Å²) < 4.78 is 10.9. The molecule has 0 atom stereocenters. The molecule has 0 radical (unpaired) electrons. The highest BCUT2D eigenvalue weighted by atomic mass is 16.5. The molecule has 0 bridgehead atoms. The third-order valence-electron chi connectivity index (χ3n) is 5.53. The standard InChI is InChI=1S/C25H29N3O4/c1-18(2)31-20-9-7-19(8-10-20)25(30)28-15-13-27(14-16-28)12-11-26-22-17-24(29)32-23-6-4-3-5-21(22)23/h3-10,17-18,26H,11-16H2,1-2H3. The molecule has 1 aromatic heterocycles. The van der Waals surface area contributed by atoms with Crippen LogP contribution in [0.4, 0.5) is 5.69 Å². The molecule has 1 amide bonds. The van der Waals surface area contributed by atoms with Gasteiger partial charge in [-0.2, -0.15) is 0 Å². The lowest BCUT2D eigenvalue weighted by atomic mass is 10.1. The minimum atomic E-state index is -0.359. The molecule has 7 nitrogen and oxygen atoms in total. The van der Waals surface area contributed by atoms with Gasteiger partial charge in [0.2, 0.25) is 0 Å². The zero-order valence-corrected chi connectivity index (χ0v) is 18.5. The van der Waals surface area contributed by atoms with Crippen LogP contribution >= 0.6 is 0 Å². The van der Waals surface area contributed by atoms with Crippen LogP contribution in [0.1, 0.15) is 24.2 Å². The van der Waals surface area contributed by atoms with Crippen LogP contribution in [0.2, 0.25) is 0 Å². The molecule has 1 fully saturated rings. The van der Waals surface area contributed by atoms with Crippen molar-refractivity contribution < 1.29 is 13.9 Å². The number of nitrogens with one attached hydrogen (secondary N) is 1. The topological polar surface area (TPSA) is 75.0 Å². The van der Waals surface area contributed by atoms with E-state index >= 15 is 0 Å². The highest BCUT2D eigenvalue weighted by molar-refractivity contribution is 5.94. The fraction of sp³-hybridized carbons (Fsp3) is 0.360. The average molecular weight is 436 g/mol. The molecule has 4 rings (SSSR count). The van der Waals surface area contributed by atoms with Crippen LogP contribution in [0.3, 0.4) is 0 Å². The Kier molecular flexibility index (Phi) is 6.75. The number of nitrogens with zero attached hydrogens (tertiary/aromatic N) is 2. The van der Waals surface area contributed by atoms with E-state index in [0.29, 0.717) is 30.8 Å². The molecule has 32 heavy (non-hydrogen) atoms. The predicted octanol–water partition coefficient (Wildman–Crippen LogP) is 3.45. The minimum Gasteiger partial charge on any atom is -0.491 e. The van der Waals surface area contributed by atoms with Crippen molar-refractivity contribution >= 4 is 22.6 Å². The van der Waals surface area contributed by atoms with Crippen LogP contribution in [0.15, 0.2) is 63.8 Å². The Morgan fingerprint density at radius 2 is 1.78 bits per heavy atom. The van der Waals surface area contributed by atoms with E-state index in [1.807, 2.05) is 61.2 Å². The number of anilines is 1. The third-order valence-corrected chi connectivity index (χ3v) is 5.53. The van der Waals surface area contributed by atoms with Gasteiger partial charge < -0.3 is 19.4 Å². The maximum absolute atomic E-state index is 12.8. The molecule has 0 saturated carbocycles. The maximum Gasteiger partial charge on any atom is 0.338 e. The molecular weight excluding hydrogens is 406 g/mol. The first-order valence-electron chi connectivity index (χ1n) is 11.0. The molecule has 2 heterocycles. The fourth-order valence-electron chi connectivity index (χ4n) is 3.91. The van der Waals surface area contributed by atoms with Crippen LogP contribution < -0.4 is 15.7 Å². The number of carbonyl (C=O) groups is 1. The number of ether oxygens (including phenoxy) is 1. The smallest absolute Gasteiger partial charge is 0.338 e. The van der Waals surface area contributed by atoms with Gasteiger partial charge in [0, 0.05) is 56.3 Å². The van der Waals surface area contributed by atoms with Gasteiger partial charge in [0.1, 0.15) is 11.3 Å². The summed E-state index contributed by atoms with van der Waals surface area (Å²) in [6, 6.07) is 16.4. The SMILES string of the molecule is CC(C)Oc1ccc(C(=O)N2CCN(CCNc3cc(=O)oc4ccccc34)CC2)cc1. The van der Waals surface area contributed by atoms with E-state index in [1.54, 1.807) is 6.07 Å². The van der Waals surface area contributed by atoms with Crippen molar-refractivity contribution in [2.45, 2.75) is 20.0 Å². The Bertz CT molecular complexity index is 1120. The van der Waals surface area contributed by atoms with Crippen LogP contribution in [-0.4, -0.2) is 61.1 Å². The molecule has 1 saturated heterocycles. The van der Waals surface area contributed by atoms with Gasteiger partial charge in [0.15, 0.2) is 0 Å². The number of rotatable bonds is 7. The highest BCUT2D eigenvalue weighted by Gasteiger charge is 2.22. The van der Waals surface area contributed by atoms with Crippen molar-refractivity contribution in [2.24, 2.45) is 0 Å². The molecule has 0 spiro atoms. The van der Waals surface area contributed by atoms with Crippen LogP contribution in [0.25, 0.3) is 11.0 Å². The summed E-state index contributed by atoms with van der Waals surface area (Å²) in [5, 5.41) is 4.26. The molecule has 0 unspecified atom stereocenters. The van der Waals surface area contributed by atoms with Gasteiger partial charge in [0.25, 0.3) is 5.91 Å². The fourth-order valence-corrected chi connectivity index (χ4v) is 3.91. The van der Waals surface area contributed by atoms with Crippen LogP contribution in [0.5, 0.6) is 5.75 Å². The first-order valence-corrected chi connectivity index (χ1v) is 11.0. The van der Waals surface area contributed by atoms with E-state index in [-0.39, 0.29) is 17.6 Å². The number of piperazine rings is 1. The van der Waals surface area contributed by atoms with E-state index in [9.17, 15) is 9.59 Å². The van der Waals surface area contributed by atoms with Gasteiger partial charge in [0.05, 0.1) is 11.8 Å². The van der Waals surface area contributed by atoms with Crippen molar-refractivity contribution in [3.63, 3.8) is 0 Å². The van der Waals surface area contributed by atoms with Gasteiger partial charge >= 0.3 is 5.63 Å². The van der Waals surface area contributed by atoms with Gasteiger partial charge in [-0.05, 0) is 50.2 Å². The van der Waals surface area contributed by atoms with Crippen molar-refractivity contribution in [2.75, 3.05) is 44.6 Å². The van der Waals surface area contributed by atoms with Gasteiger partial charge in [-0.1, -0.05) is 12.1 Å². The van der Waals surface area contributed by atoms with Crippen LogP contribution in [0, 0.1) is 0 Å². The summed E-state index contributed by atoms with van der Waals surface area (Å²) in [5.74, 6) is 0.833. The van der Waals surface area contributed by atoms with Crippen molar-refractivity contribution in [3.05, 3.63) is 70.6 Å². The second-order valence-electron chi connectivity index (χ2n) is 8.23. The molecular formula is C25H29N3O4. The summed E-state index contributed by atoms with van der Waals surface area (Å²) in [5.41, 5.74) is 1.70. The lowest BCUT2D eigenvalue weighted by Crippen LogP contribution is -2.49. The van der Waals surface area contributed by atoms with Gasteiger partial charge in [-0.3, -0.25) is 9.69 Å². The van der Waals surface area contributed by atoms with Gasteiger partial charge in [-0.15, -0.1) is 0 Å². The lowest BCUT2D eigenvalue weighted by molar-refractivity contribution is 0.0642. The van der Waals surface area contributed by atoms with E-state index in [0.717, 1.165) is 36.5 Å². The largest absolute Gasteiger partial charge is 0.491 e. The Morgan fingerprint density at radius 1 is 1.06 bits per heavy atom. The number of hydrogen-bond acceptors (Lipinski definition) is 6. The average Bonchev–Trinajstić information content (AvgIpc) is 2.79. The normalized spacial score (nSPS) is 14.7. The zero-order valence-electron chi connectivity index (χ0n) is 18.5. The monoisotopic (exact) mass is 435 g/mol. The van der Waals surface area contributed by atoms with Crippen molar-refractivity contribution in [1.29, 1.82) is 0 Å². The molecule has 0 aliphatic carbocycles. The first kappa shape index (κ1) is 21.9. The minimum absolute atomic E-state index is 0.0568. The Labute approximate surface area is 187 Å². The summed E-state index contributed by atoms with van der Waals surface area (Å²) in [6.07, 6.45) is 0.108. The third kappa shape index (κ3) is 5.29. The quantitative estimate of drug-likeness (QED) is 0.573. The van der Waals surface area contributed by atoms with E-state index < -0.39 is 0 Å². The lowest BCUT2D eigenvalue weighted by Gasteiger charge is -2.34. The molecule has 3 aromatic rings. The predicted molar refractivity (Wildman–Crippen MR) is 126 cm³/mol. The Hall–Kier alpha value is -3.32. The number of amides is 1. The van der Waals surface area contributed by atoms with Crippen molar-refractivity contribution in [3.8, 4) is 5.75 Å². The van der Waals surface area contributed by atoms with E-state index in [4.69, 9.17) is 9.15 Å². The second kappa shape index (κ2) is 9.87. The second-order valence-corrected chi connectivity index (χ2v) is 8.23. The number of fused-ring (bicyclic) bond motifs is 1. The molecule has 1 aliphatic heterocycles. The number of para-hydroxylation sites is 1. The van der Waals surface area contributed by atoms with Gasteiger partial charge in [-0.25, -0.2) is 4.79 Å². The molecule has 168 valence electrons. The summed E-state index contributed by atoms with van der Waals surface area (Å²) in [6.45, 7) is 8.53. The molecule has 1 aliphatic rings. The number of hydrogen-bond donors (Lipinski definition) is 1. The zero-order chi connectivity index (χ0) is 22.5. The number of benzene rings is 2. The molecule has 1 N–H and O–H groups in total. The first-order chi connectivity index (χ1) is 15.5. The summed E-state index contributed by atoms with van der Waals surface area (Å²) in [4.78, 5) is 28.8. The van der Waals surface area contributed by atoms with E-state index in [2.05, 4.69) is 10.2 Å². The molecule has 2 aromatic carbocycles.